The number of hydrogen-bond donors (Lipinski definition) is 1. The molecule has 3 fully saturated rings. The first-order valence-corrected chi connectivity index (χ1v) is 13.4. The largest absolute Gasteiger partial charge is 0.298 e. The van der Waals surface area contributed by atoms with Crippen LogP contribution in [0.15, 0.2) is 60.7 Å². The SMILES string of the molecule is Cc1nc(-c2ccc(F)cc2)cc([C@@H]2CN3CC[C@H]2C[C@@H]3CNS(=O)(=O)Cc2ccccc2)n1. The van der Waals surface area contributed by atoms with Crippen molar-refractivity contribution < 1.29 is 12.8 Å². The van der Waals surface area contributed by atoms with Crippen LogP contribution in [0.1, 0.15) is 35.8 Å². The average Bonchev–Trinajstić information content (AvgIpc) is 2.83. The Kier molecular flexibility index (Phi) is 6.46. The summed E-state index contributed by atoms with van der Waals surface area (Å²) in [5, 5.41) is 0. The Morgan fingerprint density at radius 3 is 2.56 bits per heavy atom. The highest BCUT2D eigenvalue weighted by Gasteiger charge is 2.41. The quantitative estimate of drug-likeness (QED) is 0.555. The second-order valence-electron chi connectivity index (χ2n) is 9.37. The zero-order valence-electron chi connectivity index (χ0n) is 19.2. The standard InChI is InChI=1S/C26H29FN4O2S/c1-18-29-25(20-7-9-22(27)10-8-20)14-26(30-18)24-16-31-12-11-21(24)13-23(31)15-28-34(32,33)17-19-5-3-2-4-6-19/h2-10,14,21,23-24,28H,11-13,15-17H2,1H3/t21-,23+,24+/m0/s1. The molecule has 0 aliphatic carbocycles. The molecule has 3 aromatic rings. The van der Waals surface area contributed by atoms with Crippen molar-refractivity contribution >= 4 is 10.0 Å². The molecule has 178 valence electrons. The Balaban J connectivity index is 1.26. The summed E-state index contributed by atoms with van der Waals surface area (Å²) in [6.45, 7) is 4.15. The van der Waals surface area contributed by atoms with Gasteiger partial charge in [0.2, 0.25) is 10.0 Å². The Hall–Kier alpha value is -2.68. The highest BCUT2D eigenvalue weighted by atomic mass is 32.2. The van der Waals surface area contributed by atoms with E-state index in [-0.39, 0.29) is 23.5 Å². The Bertz CT molecular complexity index is 1250. The third kappa shape index (κ3) is 5.19. The van der Waals surface area contributed by atoms with Gasteiger partial charge in [-0.1, -0.05) is 30.3 Å². The maximum atomic E-state index is 13.4. The summed E-state index contributed by atoms with van der Waals surface area (Å²) >= 11 is 0. The van der Waals surface area contributed by atoms with Gasteiger partial charge in [0.15, 0.2) is 0 Å². The number of nitrogens with one attached hydrogen (secondary N) is 1. The molecule has 2 aromatic carbocycles. The first-order chi connectivity index (χ1) is 16.4. The fourth-order valence-corrected chi connectivity index (χ4v) is 6.48. The van der Waals surface area contributed by atoms with Crippen molar-refractivity contribution in [3.63, 3.8) is 0 Å². The lowest BCUT2D eigenvalue weighted by molar-refractivity contribution is 0.0317. The van der Waals surface area contributed by atoms with Crippen LogP contribution >= 0.6 is 0 Å². The van der Waals surface area contributed by atoms with Gasteiger partial charge in [0.25, 0.3) is 0 Å². The second-order valence-corrected chi connectivity index (χ2v) is 11.2. The minimum Gasteiger partial charge on any atom is -0.298 e. The van der Waals surface area contributed by atoms with E-state index >= 15 is 0 Å². The molecule has 0 amide bonds. The molecule has 1 aromatic heterocycles. The van der Waals surface area contributed by atoms with Crippen LogP contribution in [0, 0.1) is 18.7 Å². The van der Waals surface area contributed by atoms with E-state index in [0.29, 0.717) is 18.3 Å². The summed E-state index contributed by atoms with van der Waals surface area (Å²) in [5.41, 5.74) is 3.49. The summed E-state index contributed by atoms with van der Waals surface area (Å²) in [6.07, 6.45) is 2.01. The van der Waals surface area contributed by atoms with Gasteiger partial charge in [-0.25, -0.2) is 27.5 Å². The molecule has 6 nitrogen and oxygen atoms in total. The maximum absolute atomic E-state index is 13.4. The highest BCUT2D eigenvalue weighted by molar-refractivity contribution is 7.88. The van der Waals surface area contributed by atoms with Crippen LogP contribution in [0.25, 0.3) is 11.3 Å². The number of aryl methyl sites for hydroxylation is 1. The number of nitrogens with zero attached hydrogens (tertiary/aromatic N) is 3. The van der Waals surface area contributed by atoms with Crippen molar-refractivity contribution in [2.75, 3.05) is 19.6 Å². The molecule has 0 saturated carbocycles. The van der Waals surface area contributed by atoms with Gasteiger partial charge in [0.1, 0.15) is 11.6 Å². The maximum Gasteiger partial charge on any atom is 0.215 e. The lowest BCUT2D eigenvalue weighted by Gasteiger charge is -2.49. The van der Waals surface area contributed by atoms with E-state index in [1.807, 2.05) is 43.3 Å². The van der Waals surface area contributed by atoms with E-state index in [1.165, 1.54) is 12.1 Å². The minimum absolute atomic E-state index is 0.00100. The summed E-state index contributed by atoms with van der Waals surface area (Å²) in [5.74, 6) is 1.17. The summed E-state index contributed by atoms with van der Waals surface area (Å²) in [6, 6.07) is 17.9. The number of fused-ring (bicyclic) bond motifs is 3. The number of benzene rings is 2. The lowest BCUT2D eigenvalue weighted by Crippen LogP contribution is -2.56. The summed E-state index contributed by atoms with van der Waals surface area (Å²) in [4.78, 5) is 11.7. The third-order valence-electron chi connectivity index (χ3n) is 6.99. The van der Waals surface area contributed by atoms with Gasteiger partial charge in [0, 0.05) is 36.3 Å². The van der Waals surface area contributed by atoms with Crippen LogP contribution < -0.4 is 4.72 Å². The molecule has 0 radical (unpaired) electrons. The molecule has 1 N–H and O–H groups in total. The van der Waals surface area contributed by atoms with E-state index in [1.54, 1.807) is 12.1 Å². The number of sulfonamides is 1. The zero-order valence-corrected chi connectivity index (χ0v) is 20.0. The van der Waals surface area contributed by atoms with Gasteiger partial charge in [-0.15, -0.1) is 0 Å². The van der Waals surface area contributed by atoms with Crippen molar-refractivity contribution in [3.05, 3.63) is 83.6 Å². The highest BCUT2D eigenvalue weighted by Crippen LogP contribution is 2.41. The predicted molar refractivity (Wildman–Crippen MR) is 130 cm³/mol. The van der Waals surface area contributed by atoms with Crippen LogP contribution in [-0.4, -0.2) is 49.0 Å². The normalized spacial score (nSPS) is 24.3. The number of halogens is 1. The van der Waals surface area contributed by atoms with Crippen molar-refractivity contribution in [2.45, 2.75) is 37.5 Å². The first-order valence-electron chi connectivity index (χ1n) is 11.7. The number of piperidine rings is 3. The van der Waals surface area contributed by atoms with Gasteiger partial charge in [0.05, 0.1) is 11.4 Å². The smallest absolute Gasteiger partial charge is 0.215 e. The van der Waals surface area contributed by atoms with Crippen LogP contribution in [0.5, 0.6) is 0 Å². The van der Waals surface area contributed by atoms with Gasteiger partial charge >= 0.3 is 0 Å². The molecule has 3 saturated heterocycles. The van der Waals surface area contributed by atoms with Crippen molar-refractivity contribution in [2.24, 2.45) is 5.92 Å². The second kappa shape index (κ2) is 9.52. The van der Waals surface area contributed by atoms with Crippen LogP contribution in [0.3, 0.4) is 0 Å². The molecule has 34 heavy (non-hydrogen) atoms. The minimum atomic E-state index is -3.39. The summed E-state index contributed by atoms with van der Waals surface area (Å²) < 4.78 is 41.4. The van der Waals surface area contributed by atoms with Crippen molar-refractivity contribution in [3.8, 4) is 11.3 Å². The van der Waals surface area contributed by atoms with E-state index in [2.05, 4.69) is 14.6 Å². The van der Waals surface area contributed by atoms with E-state index in [4.69, 9.17) is 4.98 Å². The molecule has 4 heterocycles. The Labute approximate surface area is 200 Å². The van der Waals surface area contributed by atoms with Crippen LogP contribution in [0.2, 0.25) is 0 Å². The van der Waals surface area contributed by atoms with Gasteiger partial charge in [-0.3, -0.25) is 4.90 Å². The zero-order chi connectivity index (χ0) is 23.7. The van der Waals surface area contributed by atoms with E-state index < -0.39 is 10.0 Å². The van der Waals surface area contributed by atoms with Gasteiger partial charge in [-0.05, 0) is 68.1 Å². The fourth-order valence-electron chi connectivity index (χ4n) is 5.30. The van der Waals surface area contributed by atoms with E-state index in [0.717, 1.165) is 48.4 Å². The van der Waals surface area contributed by atoms with Crippen molar-refractivity contribution in [1.29, 1.82) is 0 Å². The number of hydrogen-bond acceptors (Lipinski definition) is 5. The molecular formula is C26H29FN4O2S. The molecule has 1 unspecified atom stereocenters. The Morgan fingerprint density at radius 2 is 1.85 bits per heavy atom. The topological polar surface area (TPSA) is 75.2 Å². The molecule has 6 rings (SSSR count). The molecule has 2 bridgehead atoms. The molecule has 3 aliphatic rings. The fraction of sp³-hybridized carbons (Fsp3) is 0.385. The van der Waals surface area contributed by atoms with Crippen molar-refractivity contribution in [1.82, 2.24) is 19.6 Å². The van der Waals surface area contributed by atoms with Crippen LogP contribution in [0.4, 0.5) is 4.39 Å². The molecule has 8 heteroatoms. The average molecular weight is 481 g/mol. The van der Waals surface area contributed by atoms with Crippen LogP contribution in [-0.2, 0) is 15.8 Å². The molecule has 3 aliphatic heterocycles. The third-order valence-corrected chi connectivity index (χ3v) is 8.31. The molecular weight excluding hydrogens is 451 g/mol. The molecule has 4 atom stereocenters. The van der Waals surface area contributed by atoms with Gasteiger partial charge in [-0.2, -0.15) is 0 Å². The van der Waals surface area contributed by atoms with Gasteiger partial charge < -0.3 is 0 Å². The first kappa shape index (κ1) is 23.1. The summed E-state index contributed by atoms with van der Waals surface area (Å²) in [7, 11) is -3.39. The lowest BCUT2D eigenvalue weighted by atomic mass is 9.74. The molecule has 0 spiro atoms. The number of aromatic nitrogens is 2. The number of rotatable bonds is 7. The monoisotopic (exact) mass is 480 g/mol. The van der Waals surface area contributed by atoms with E-state index in [9.17, 15) is 12.8 Å². The predicted octanol–water partition coefficient (Wildman–Crippen LogP) is 3.89. The Morgan fingerprint density at radius 1 is 1.09 bits per heavy atom.